The van der Waals surface area contributed by atoms with Crippen molar-refractivity contribution >= 4 is 17.5 Å². The Morgan fingerprint density at radius 3 is 2.57 bits per heavy atom. The number of carbonyl (C=O) groups is 1. The molecule has 0 radical (unpaired) electrons. The number of rotatable bonds is 6. The maximum atomic E-state index is 12.7. The largest absolute Gasteiger partial charge is 0.389 e. The third-order valence-electron chi connectivity index (χ3n) is 4.15. The molecule has 5 heteroatoms. The van der Waals surface area contributed by atoms with Crippen LogP contribution < -0.4 is 5.32 Å². The summed E-state index contributed by atoms with van der Waals surface area (Å²) in [4.78, 5) is 12.7. The molecule has 21 heavy (non-hydrogen) atoms. The summed E-state index contributed by atoms with van der Waals surface area (Å²) in [5.74, 6) is -0.0162. The van der Waals surface area contributed by atoms with Gasteiger partial charge in [0.05, 0.1) is 18.1 Å². The quantitative estimate of drug-likeness (QED) is 0.847. The second-order valence-corrected chi connectivity index (χ2v) is 6.05. The Kier molecular flexibility index (Phi) is 5.62. The van der Waals surface area contributed by atoms with Gasteiger partial charge in [-0.2, -0.15) is 0 Å². The second-order valence-electron chi connectivity index (χ2n) is 5.62. The van der Waals surface area contributed by atoms with Gasteiger partial charge in [0, 0.05) is 18.7 Å². The highest BCUT2D eigenvalue weighted by Gasteiger charge is 2.42. The standard InChI is InChI=1S/C16H22ClNO3/c1-21-11-14(19)10-18-15(20)16(8-2-3-9-16)12-4-6-13(17)7-5-12/h4-7,14,19H,2-3,8-11H2,1H3,(H,18,20). The minimum absolute atomic E-state index is 0.0162. The van der Waals surface area contributed by atoms with Gasteiger partial charge in [0.15, 0.2) is 0 Å². The van der Waals surface area contributed by atoms with Crippen molar-refractivity contribution in [1.82, 2.24) is 5.32 Å². The van der Waals surface area contributed by atoms with Gasteiger partial charge in [-0.05, 0) is 30.5 Å². The van der Waals surface area contributed by atoms with Crippen LogP contribution in [0.25, 0.3) is 0 Å². The number of nitrogens with one attached hydrogen (secondary N) is 1. The molecule has 0 saturated heterocycles. The SMILES string of the molecule is COCC(O)CNC(=O)C1(c2ccc(Cl)cc2)CCCC1. The number of hydrogen-bond acceptors (Lipinski definition) is 3. The topological polar surface area (TPSA) is 58.6 Å². The summed E-state index contributed by atoms with van der Waals surface area (Å²) >= 11 is 5.93. The van der Waals surface area contributed by atoms with E-state index in [0.29, 0.717) is 5.02 Å². The molecular weight excluding hydrogens is 290 g/mol. The molecule has 1 unspecified atom stereocenters. The van der Waals surface area contributed by atoms with Gasteiger partial charge in [0.2, 0.25) is 5.91 Å². The Hall–Kier alpha value is -1.10. The molecule has 1 fully saturated rings. The molecule has 1 aliphatic carbocycles. The number of hydrogen-bond donors (Lipinski definition) is 2. The summed E-state index contributed by atoms with van der Waals surface area (Å²) in [6.07, 6.45) is 3.07. The Labute approximate surface area is 130 Å². The van der Waals surface area contributed by atoms with E-state index in [1.54, 1.807) is 0 Å². The fourth-order valence-corrected chi connectivity index (χ4v) is 3.15. The third kappa shape index (κ3) is 3.76. The minimum atomic E-state index is -0.678. The minimum Gasteiger partial charge on any atom is -0.389 e. The first-order chi connectivity index (χ1) is 10.1. The Morgan fingerprint density at radius 1 is 1.38 bits per heavy atom. The molecule has 0 aliphatic heterocycles. The van der Waals surface area contributed by atoms with E-state index in [1.807, 2.05) is 24.3 Å². The van der Waals surface area contributed by atoms with Crippen LogP contribution in [0.15, 0.2) is 24.3 Å². The predicted octanol–water partition coefficient (Wildman–Crippen LogP) is 2.28. The smallest absolute Gasteiger partial charge is 0.230 e. The van der Waals surface area contributed by atoms with Crippen molar-refractivity contribution in [3.8, 4) is 0 Å². The fraction of sp³-hybridized carbons (Fsp3) is 0.562. The second kappa shape index (κ2) is 7.25. The molecule has 0 spiro atoms. The number of ether oxygens (including phenoxy) is 1. The lowest BCUT2D eigenvalue weighted by Crippen LogP contribution is -2.45. The molecule has 1 aliphatic rings. The van der Waals surface area contributed by atoms with Gasteiger partial charge >= 0.3 is 0 Å². The summed E-state index contributed by atoms with van der Waals surface area (Å²) in [6, 6.07) is 7.51. The molecule has 1 saturated carbocycles. The number of halogens is 1. The van der Waals surface area contributed by atoms with E-state index in [2.05, 4.69) is 5.32 Å². The van der Waals surface area contributed by atoms with Crippen LogP contribution in [0.2, 0.25) is 5.02 Å². The van der Waals surface area contributed by atoms with Crippen LogP contribution in [0.4, 0.5) is 0 Å². The highest BCUT2D eigenvalue weighted by molar-refractivity contribution is 6.30. The number of aliphatic hydroxyl groups is 1. The van der Waals surface area contributed by atoms with E-state index < -0.39 is 11.5 Å². The van der Waals surface area contributed by atoms with Crippen molar-refractivity contribution in [2.75, 3.05) is 20.3 Å². The van der Waals surface area contributed by atoms with Crippen LogP contribution in [-0.2, 0) is 14.9 Å². The Bertz CT molecular complexity index is 469. The zero-order chi connectivity index (χ0) is 15.3. The summed E-state index contributed by atoms with van der Waals surface area (Å²) in [7, 11) is 1.53. The molecule has 1 aromatic carbocycles. The molecule has 0 heterocycles. The first-order valence-corrected chi connectivity index (χ1v) is 7.67. The zero-order valence-electron chi connectivity index (χ0n) is 12.3. The summed E-state index contributed by atoms with van der Waals surface area (Å²) in [5, 5.41) is 13.2. The molecular formula is C16H22ClNO3. The molecule has 1 aromatic rings. The molecule has 1 atom stereocenters. The van der Waals surface area contributed by atoms with Crippen LogP contribution in [0, 0.1) is 0 Å². The van der Waals surface area contributed by atoms with E-state index in [4.69, 9.17) is 16.3 Å². The van der Waals surface area contributed by atoms with Gasteiger partial charge in [-0.3, -0.25) is 4.79 Å². The highest BCUT2D eigenvalue weighted by Crippen LogP contribution is 2.41. The molecule has 0 aromatic heterocycles. The zero-order valence-corrected chi connectivity index (χ0v) is 13.0. The maximum absolute atomic E-state index is 12.7. The van der Waals surface area contributed by atoms with E-state index in [9.17, 15) is 9.90 Å². The van der Waals surface area contributed by atoms with Crippen molar-refractivity contribution < 1.29 is 14.6 Å². The average molecular weight is 312 g/mol. The van der Waals surface area contributed by atoms with E-state index >= 15 is 0 Å². The number of methoxy groups -OCH3 is 1. The number of carbonyl (C=O) groups excluding carboxylic acids is 1. The Morgan fingerprint density at radius 2 is 2.00 bits per heavy atom. The van der Waals surface area contributed by atoms with E-state index in [-0.39, 0.29) is 19.1 Å². The predicted molar refractivity (Wildman–Crippen MR) is 82.5 cm³/mol. The van der Waals surface area contributed by atoms with Gasteiger partial charge in [-0.15, -0.1) is 0 Å². The van der Waals surface area contributed by atoms with Gasteiger partial charge in [0.1, 0.15) is 0 Å². The van der Waals surface area contributed by atoms with Crippen molar-refractivity contribution in [3.05, 3.63) is 34.9 Å². The van der Waals surface area contributed by atoms with Gasteiger partial charge in [-0.1, -0.05) is 36.6 Å². The number of amides is 1. The molecule has 2 rings (SSSR count). The normalized spacial score (nSPS) is 18.4. The maximum Gasteiger partial charge on any atom is 0.230 e. The average Bonchev–Trinajstić information content (AvgIpc) is 2.96. The molecule has 116 valence electrons. The first-order valence-electron chi connectivity index (χ1n) is 7.30. The van der Waals surface area contributed by atoms with Gasteiger partial charge in [0.25, 0.3) is 0 Å². The van der Waals surface area contributed by atoms with Crippen LogP contribution >= 0.6 is 11.6 Å². The van der Waals surface area contributed by atoms with E-state index in [0.717, 1.165) is 31.2 Å². The summed E-state index contributed by atoms with van der Waals surface area (Å²) in [5.41, 5.74) is 0.514. The summed E-state index contributed by atoms with van der Waals surface area (Å²) in [6.45, 7) is 0.427. The van der Waals surface area contributed by atoms with E-state index in [1.165, 1.54) is 7.11 Å². The lowest BCUT2D eigenvalue weighted by molar-refractivity contribution is -0.127. The number of aliphatic hydroxyl groups excluding tert-OH is 1. The van der Waals surface area contributed by atoms with Crippen molar-refractivity contribution in [1.29, 1.82) is 0 Å². The fourth-order valence-electron chi connectivity index (χ4n) is 3.03. The first kappa shape index (κ1) is 16.3. The van der Waals surface area contributed by atoms with Crippen LogP contribution in [0.5, 0.6) is 0 Å². The molecule has 2 N–H and O–H groups in total. The summed E-state index contributed by atoms with van der Waals surface area (Å²) < 4.78 is 4.87. The van der Waals surface area contributed by atoms with Crippen molar-refractivity contribution in [2.24, 2.45) is 0 Å². The molecule has 4 nitrogen and oxygen atoms in total. The lowest BCUT2D eigenvalue weighted by atomic mass is 9.78. The molecule has 0 bridgehead atoms. The van der Waals surface area contributed by atoms with Crippen LogP contribution in [0.3, 0.4) is 0 Å². The van der Waals surface area contributed by atoms with Crippen LogP contribution in [0.1, 0.15) is 31.2 Å². The van der Waals surface area contributed by atoms with Gasteiger partial charge in [-0.25, -0.2) is 0 Å². The number of benzene rings is 1. The molecule has 1 amide bonds. The lowest BCUT2D eigenvalue weighted by Gasteiger charge is -2.29. The third-order valence-corrected chi connectivity index (χ3v) is 4.40. The highest BCUT2D eigenvalue weighted by atomic mass is 35.5. The van der Waals surface area contributed by atoms with Gasteiger partial charge < -0.3 is 15.2 Å². The Balaban J connectivity index is 2.10. The monoisotopic (exact) mass is 311 g/mol. The van der Waals surface area contributed by atoms with Crippen LogP contribution in [-0.4, -0.2) is 37.4 Å². The van der Waals surface area contributed by atoms with Crippen molar-refractivity contribution in [3.63, 3.8) is 0 Å². The van der Waals surface area contributed by atoms with Crippen molar-refractivity contribution in [2.45, 2.75) is 37.2 Å².